The third-order valence-electron chi connectivity index (χ3n) is 3.16. The van der Waals surface area contributed by atoms with Crippen LogP contribution in [0.5, 0.6) is 0 Å². The summed E-state index contributed by atoms with van der Waals surface area (Å²) in [6.07, 6.45) is 4.39. The Morgan fingerprint density at radius 3 is 2.25 bits per heavy atom. The molecular formula is C10H20N2. The van der Waals surface area contributed by atoms with E-state index in [-0.39, 0.29) is 5.54 Å². The van der Waals surface area contributed by atoms with E-state index in [1.165, 1.54) is 32.4 Å². The summed E-state index contributed by atoms with van der Waals surface area (Å²) >= 11 is 0. The molecule has 0 unspecified atom stereocenters. The van der Waals surface area contributed by atoms with Gasteiger partial charge in [-0.2, -0.15) is 0 Å². The van der Waals surface area contributed by atoms with Crippen LogP contribution < -0.4 is 5.73 Å². The van der Waals surface area contributed by atoms with Crippen LogP contribution in [-0.2, 0) is 0 Å². The van der Waals surface area contributed by atoms with E-state index in [1.807, 2.05) is 0 Å². The summed E-state index contributed by atoms with van der Waals surface area (Å²) in [6.45, 7) is 7.91. The van der Waals surface area contributed by atoms with Crippen molar-refractivity contribution in [1.82, 2.24) is 4.90 Å². The van der Waals surface area contributed by atoms with E-state index < -0.39 is 0 Å². The molecule has 70 valence electrons. The van der Waals surface area contributed by atoms with Gasteiger partial charge in [-0.3, -0.25) is 0 Å². The zero-order valence-electron chi connectivity index (χ0n) is 8.27. The van der Waals surface area contributed by atoms with Crippen molar-refractivity contribution in [2.75, 3.05) is 19.6 Å². The SMILES string of the molecule is CC(C)(N)CN1CC2(CCC2)C1. The van der Waals surface area contributed by atoms with Gasteiger partial charge in [-0.05, 0) is 32.1 Å². The molecule has 0 radical (unpaired) electrons. The lowest BCUT2D eigenvalue weighted by atomic mass is 9.63. The fourth-order valence-corrected chi connectivity index (χ4v) is 2.58. The monoisotopic (exact) mass is 168 g/mol. The van der Waals surface area contributed by atoms with Gasteiger partial charge in [0.05, 0.1) is 0 Å². The van der Waals surface area contributed by atoms with Gasteiger partial charge in [0.2, 0.25) is 0 Å². The van der Waals surface area contributed by atoms with Gasteiger partial charge in [0.15, 0.2) is 0 Å². The molecule has 1 saturated carbocycles. The fraction of sp³-hybridized carbons (Fsp3) is 1.00. The quantitative estimate of drug-likeness (QED) is 0.671. The van der Waals surface area contributed by atoms with Crippen molar-refractivity contribution < 1.29 is 0 Å². The van der Waals surface area contributed by atoms with Crippen molar-refractivity contribution in [2.24, 2.45) is 11.1 Å². The van der Waals surface area contributed by atoms with Crippen molar-refractivity contribution >= 4 is 0 Å². The lowest BCUT2D eigenvalue weighted by Crippen LogP contribution is -2.63. The molecule has 1 spiro atoms. The Bertz CT molecular complexity index is 169. The Balaban J connectivity index is 1.74. The molecule has 1 aliphatic carbocycles. The van der Waals surface area contributed by atoms with Crippen LogP contribution in [0, 0.1) is 5.41 Å². The second-order valence-electron chi connectivity index (χ2n) is 5.49. The number of nitrogens with zero attached hydrogens (tertiary/aromatic N) is 1. The van der Waals surface area contributed by atoms with E-state index in [4.69, 9.17) is 5.73 Å². The van der Waals surface area contributed by atoms with Crippen LogP contribution in [0.1, 0.15) is 33.1 Å². The maximum atomic E-state index is 5.95. The molecule has 12 heavy (non-hydrogen) atoms. The normalized spacial score (nSPS) is 28.2. The molecule has 2 N–H and O–H groups in total. The van der Waals surface area contributed by atoms with Crippen molar-refractivity contribution in [3.8, 4) is 0 Å². The van der Waals surface area contributed by atoms with Crippen LogP contribution in [-0.4, -0.2) is 30.1 Å². The Morgan fingerprint density at radius 1 is 1.33 bits per heavy atom. The van der Waals surface area contributed by atoms with Gasteiger partial charge < -0.3 is 10.6 Å². The van der Waals surface area contributed by atoms with Gasteiger partial charge in [-0.1, -0.05) is 6.42 Å². The van der Waals surface area contributed by atoms with Crippen molar-refractivity contribution in [2.45, 2.75) is 38.6 Å². The third-order valence-corrected chi connectivity index (χ3v) is 3.16. The Morgan fingerprint density at radius 2 is 1.92 bits per heavy atom. The molecule has 1 heterocycles. The number of likely N-dealkylation sites (tertiary alicyclic amines) is 1. The molecule has 0 aromatic rings. The zero-order chi connectivity index (χ0) is 8.82. The predicted octanol–water partition coefficient (Wildman–Crippen LogP) is 1.21. The van der Waals surface area contributed by atoms with Crippen LogP contribution in [0.4, 0.5) is 0 Å². The maximum absolute atomic E-state index is 5.95. The lowest BCUT2D eigenvalue weighted by Gasteiger charge is -2.57. The highest BCUT2D eigenvalue weighted by Gasteiger charge is 2.47. The van der Waals surface area contributed by atoms with Crippen molar-refractivity contribution in [3.05, 3.63) is 0 Å². The highest BCUT2D eigenvalue weighted by atomic mass is 15.2. The number of nitrogens with two attached hydrogens (primary N) is 1. The molecular weight excluding hydrogens is 148 g/mol. The molecule has 0 amide bonds. The van der Waals surface area contributed by atoms with E-state index in [0.717, 1.165) is 12.0 Å². The van der Waals surface area contributed by atoms with E-state index in [9.17, 15) is 0 Å². The summed E-state index contributed by atoms with van der Waals surface area (Å²) in [5.74, 6) is 0. The average Bonchev–Trinajstić information content (AvgIpc) is 1.69. The van der Waals surface area contributed by atoms with Crippen molar-refractivity contribution in [3.63, 3.8) is 0 Å². The van der Waals surface area contributed by atoms with Gasteiger partial charge in [0, 0.05) is 25.2 Å². The first-order chi connectivity index (χ1) is 5.49. The minimum atomic E-state index is -0.00857. The second-order valence-corrected chi connectivity index (χ2v) is 5.49. The van der Waals surface area contributed by atoms with Crippen LogP contribution in [0.2, 0.25) is 0 Å². The fourth-order valence-electron chi connectivity index (χ4n) is 2.58. The van der Waals surface area contributed by atoms with Crippen LogP contribution in [0.15, 0.2) is 0 Å². The van der Waals surface area contributed by atoms with E-state index >= 15 is 0 Å². The molecule has 0 aromatic heterocycles. The third kappa shape index (κ3) is 1.50. The molecule has 0 bridgehead atoms. The Labute approximate surface area is 75.1 Å². The summed E-state index contributed by atoms with van der Waals surface area (Å²) in [6, 6.07) is 0. The largest absolute Gasteiger partial charge is 0.324 e. The highest BCUT2D eigenvalue weighted by molar-refractivity contribution is 5.01. The van der Waals surface area contributed by atoms with Gasteiger partial charge in [0.25, 0.3) is 0 Å². The Hall–Kier alpha value is -0.0800. The van der Waals surface area contributed by atoms with Crippen molar-refractivity contribution in [1.29, 1.82) is 0 Å². The predicted molar refractivity (Wildman–Crippen MR) is 51.0 cm³/mol. The molecule has 0 aromatic carbocycles. The summed E-state index contributed by atoms with van der Waals surface area (Å²) in [5, 5.41) is 0. The average molecular weight is 168 g/mol. The first-order valence-corrected chi connectivity index (χ1v) is 5.01. The van der Waals surface area contributed by atoms with Gasteiger partial charge in [-0.25, -0.2) is 0 Å². The molecule has 0 atom stereocenters. The topological polar surface area (TPSA) is 29.3 Å². The lowest BCUT2D eigenvalue weighted by molar-refractivity contribution is -0.0666. The maximum Gasteiger partial charge on any atom is 0.0226 e. The molecule has 2 nitrogen and oxygen atoms in total. The molecule has 2 heteroatoms. The van der Waals surface area contributed by atoms with E-state index in [2.05, 4.69) is 18.7 Å². The molecule has 1 aliphatic heterocycles. The summed E-state index contributed by atoms with van der Waals surface area (Å²) in [5.41, 5.74) is 6.70. The summed E-state index contributed by atoms with van der Waals surface area (Å²) in [4.78, 5) is 2.50. The first-order valence-electron chi connectivity index (χ1n) is 5.01. The summed E-state index contributed by atoms with van der Waals surface area (Å²) in [7, 11) is 0. The minimum Gasteiger partial charge on any atom is -0.324 e. The number of hydrogen-bond acceptors (Lipinski definition) is 2. The standard InChI is InChI=1S/C10H20N2/c1-9(2,11)6-12-7-10(8-12)4-3-5-10/h3-8,11H2,1-2H3. The van der Waals surface area contributed by atoms with Gasteiger partial charge in [0.1, 0.15) is 0 Å². The zero-order valence-corrected chi connectivity index (χ0v) is 8.27. The minimum absolute atomic E-state index is 0.00857. The molecule has 1 saturated heterocycles. The number of rotatable bonds is 2. The number of hydrogen-bond donors (Lipinski definition) is 1. The smallest absolute Gasteiger partial charge is 0.0226 e. The van der Waals surface area contributed by atoms with E-state index in [1.54, 1.807) is 0 Å². The van der Waals surface area contributed by atoms with Gasteiger partial charge >= 0.3 is 0 Å². The van der Waals surface area contributed by atoms with E-state index in [0.29, 0.717) is 0 Å². The molecule has 2 aliphatic rings. The second kappa shape index (κ2) is 2.46. The molecule has 2 rings (SSSR count). The van der Waals surface area contributed by atoms with Crippen LogP contribution in [0.3, 0.4) is 0 Å². The van der Waals surface area contributed by atoms with Crippen LogP contribution in [0.25, 0.3) is 0 Å². The first kappa shape index (κ1) is 8.52. The molecule has 2 fully saturated rings. The van der Waals surface area contributed by atoms with Gasteiger partial charge in [-0.15, -0.1) is 0 Å². The Kier molecular flexibility index (Phi) is 1.74. The highest BCUT2D eigenvalue weighted by Crippen LogP contribution is 2.48. The summed E-state index contributed by atoms with van der Waals surface area (Å²) < 4.78 is 0. The van der Waals surface area contributed by atoms with Crippen LogP contribution >= 0.6 is 0 Å².